The lowest BCUT2D eigenvalue weighted by Gasteiger charge is -1.92. The van der Waals surface area contributed by atoms with Crippen LogP contribution in [-0.4, -0.2) is 11.1 Å². The van der Waals surface area contributed by atoms with E-state index in [-0.39, 0.29) is 24.1 Å². The molecule has 0 heterocycles. The SMILES string of the molecule is [2H]c1cccc([2H])c1CC(=O)O. The van der Waals surface area contributed by atoms with Crippen LogP contribution in [0.2, 0.25) is 0 Å². The van der Waals surface area contributed by atoms with Gasteiger partial charge in [-0.1, -0.05) is 30.3 Å². The van der Waals surface area contributed by atoms with Crippen molar-refractivity contribution in [1.82, 2.24) is 0 Å². The summed E-state index contributed by atoms with van der Waals surface area (Å²) in [5.74, 6) is -1.01. The molecule has 0 aliphatic rings. The predicted molar refractivity (Wildman–Crippen MR) is 37.8 cm³/mol. The normalized spacial score (nSPS) is 12.0. The maximum absolute atomic E-state index is 10.3. The summed E-state index contributed by atoms with van der Waals surface area (Å²) < 4.78 is 14.6. The highest BCUT2D eigenvalue weighted by Crippen LogP contribution is 1.98. The van der Waals surface area contributed by atoms with E-state index < -0.39 is 5.97 Å². The first kappa shape index (κ1) is 4.50. The van der Waals surface area contributed by atoms with Gasteiger partial charge in [0.25, 0.3) is 0 Å². The zero-order valence-electron chi connectivity index (χ0n) is 7.29. The minimum absolute atomic E-state index is 0.116. The monoisotopic (exact) mass is 138 g/mol. The van der Waals surface area contributed by atoms with E-state index in [1.165, 1.54) is 12.1 Å². The Hall–Kier alpha value is -1.31. The second-order valence-corrected chi connectivity index (χ2v) is 1.86. The van der Waals surface area contributed by atoms with Crippen LogP contribution in [0, 0.1) is 0 Å². The molecule has 0 saturated carbocycles. The number of benzene rings is 1. The maximum Gasteiger partial charge on any atom is 0.307 e. The zero-order valence-corrected chi connectivity index (χ0v) is 5.29. The van der Waals surface area contributed by atoms with Gasteiger partial charge in [-0.15, -0.1) is 0 Å². The van der Waals surface area contributed by atoms with E-state index in [9.17, 15) is 4.79 Å². The van der Waals surface area contributed by atoms with Crippen molar-refractivity contribution < 1.29 is 12.6 Å². The van der Waals surface area contributed by atoms with Crippen LogP contribution < -0.4 is 0 Å². The minimum atomic E-state index is -1.01. The van der Waals surface area contributed by atoms with Crippen molar-refractivity contribution in [3.05, 3.63) is 35.8 Å². The Bertz CT molecular complexity index is 290. The number of carboxylic acid groups (broad SMARTS) is 1. The molecule has 0 aliphatic carbocycles. The molecule has 0 bridgehead atoms. The average Bonchev–Trinajstić information content (AvgIpc) is 1.97. The lowest BCUT2D eigenvalue weighted by molar-refractivity contribution is -0.136. The summed E-state index contributed by atoms with van der Waals surface area (Å²) >= 11 is 0. The van der Waals surface area contributed by atoms with Crippen LogP contribution in [0.25, 0.3) is 0 Å². The molecule has 0 amide bonds. The molecule has 2 heteroatoms. The van der Waals surface area contributed by atoms with Crippen LogP contribution in [0.15, 0.2) is 30.3 Å². The van der Waals surface area contributed by atoms with Crippen LogP contribution in [0.1, 0.15) is 8.30 Å². The van der Waals surface area contributed by atoms with Gasteiger partial charge in [-0.3, -0.25) is 4.79 Å². The number of aliphatic carboxylic acids is 1. The van der Waals surface area contributed by atoms with E-state index >= 15 is 0 Å². The predicted octanol–water partition coefficient (Wildman–Crippen LogP) is 1.31. The first-order valence-corrected chi connectivity index (χ1v) is 2.88. The summed E-state index contributed by atoms with van der Waals surface area (Å²) in [5, 5.41) is 8.45. The van der Waals surface area contributed by atoms with Gasteiger partial charge in [-0.05, 0) is 5.56 Å². The first-order valence-electron chi connectivity index (χ1n) is 3.88. The van der Waals surface area contributed by atoms with Gasteiger partial charge in [-0.25, -0.2) is 0 Å². The molecule has 1 aromatic rings. The van der Waals surface area contributed by atoms with Gasteiger partial charge in [0.15, 0.2) is 0 Å². The minimum Gasteiger partial charge on any atom is -0.481 e. The number of hydrogen-bond acceptors (Lipinski definition) is 1. The Morgan fingerprint density at radius 1 is 1.50 bits per heavy atom. The molecule has 0 saturated heterocycles. The summed E-state index contributed by atoms with van der Waals surface area (Å²) in [6.07, 6.45) is -0.251. The molecule has 1 aromatic carbocycles. The van der Waals surface area contributed by atoms with Gasteiger partial charge >= 0.3 is 5.97 Å². The third kappa shape index (κ3) is 1.90. The fraction of sp³-hybridized carbons (Fsp3) is 0.125. The fourth-order valence-electron chi connectivity index (χ4n) is 0.640. The third-order valence-electron chi connectivity index (χ3n) is 1.04. The zero-order chi connectivity index (χ0) is 9.14. The largest absolute Gasteiger partial charge is 0.481 e. The van der Waals surface area contributed by atoms with Gasteiger partial charge < -0.3 is 5.11 Å². The average molecular weight is 138 g/mol. The highest BCUT2D eigenvalue weighted by Gasteiger charge is 1.96. The van der Waals surface area contributed by atoms with E-state index in [0.29, 0.717) is 0 Å². The number of rotatable bonds is 2. The quantitative estimate of drug-likeness (QED) is 0.669. The molecule has 52 valence electrons. The second kappa shape index (κ2) is 3.01. The Labute approximate surface area is 61.9 Å². The van der Waals surface area contributed by atoms with Crippen LogP contribution >= 0.6 is 0 Å². The lowest BCUT2D eigenvalue weighted by atomic mass is 10.2. The maximum atomic E-state index is 10.3. The van der Waals surface area contributed by atoms with Crippen molar-refractivity contribution in [3.63, 3.8) is 0 Å². The molecule has 0 spiro atoms. The summed E-state index contributed by atoms with van der Waals surface area (Å²) in [6, 6.07) is 4.76. The molecule has 2 nitrogen and oxygen atoms in total. The van der Waals surface area contributed by atoms with Crippen molar-refractivity contribution in [2.24, 2.45) is 0 Å². The number of carbonyl (C=O) groups is 1. The van der Waals surface area contributed by atoms with Gasteiger partial charge in [-0.2, -0.15) is 0 Å². The summed E-state index contributed by atoms with van der Waals surface area (Å²) in [6.45, 7) is 0. The lowest BCUT2D eigenvalue weighted by Crippen LogP contribution is -1.98. The Balaban J connectivity index is 3.04. The first-order chi connectivity index (χ1) is 5.61. The third-order valence-corrected chi connectivity index (χ3v) is 1.04. The molecule has 0 radical (unpaired) electrons. The molecular weight excluding hydrogens is 128 g/mol. The van der Waals surface area contributed by atoms with Crippen LogP contribution in [0.4, 0.5) is 0 Å². The highest BCUT2D eigenvalue weighted by atomic mass is 16.4. The molecule has 0 aromatic heterocycles. The summed E-state index contributed by atoms with van der Waals surface area (Å²) in [7, 11) is 0. The van der Waals surface area contributed by atoms with E-state index in [2.05, 4.69) is 0 Å². The van der Waals surface area contributed by atoms with Crippen LogP contribution in [0.3, 0.4) is 0 Å². The van der Waals surface area contributed by atoms with Gasteiger partial charge in [0, 0.05) is 0 Å². The molecule has 10 heavy (non-hydrogen) atoms. The summed E-state index contributed by atoms with van der Waals surface area (Å²) in [5.41, 5.74) is 0.269. The van der Waals surface area contributed by atoms with Crippen molar-refractivity contribution in [2.75, 3.05) is 0 Å². The Kier molecular flexibility index (Phi) is 1.35. The highest BCUT2D eigenvalue weighted by molar-refractivity contribution is 5.70. The molecule has 1 N–H and O–H groups in total. The van der Waals surface area contributed by atoms with Crippen LogP contribution in [0.5, 0.6) is 0 Å². The number of hydrogen-bond donors (Lipinski definition) is 1. The van der Waals surface area contributed by atoms with Crippen molar-refractivity contribution in [3.8, 4) is 0 Å². The summed E-state index contributed by atoms with van der Waals surface area (Å²) in [4.78, 5) is 10.3. The Morgan fingerprint density at radius 3 is 2.60 bits per heavy atom. The van der Waals surface area contributed by atoms with Crippen molar-refractivity contribution in [2.45, 2.75) is 6.42 Å². The van der Waals surface area contributed by atoms with Crippen molar-refractivity contribution in [1.29, 1.82) is 0 Å². The van der Waals surface area contributed by atoms with Gasteiger partial charge in [0.1, 0.15) is 0 Å². The Morgan fingerprint density at radius 2 is 2.10 bits per heavy atom. The molecule has 0 unspecified atom stereocenters. The standard InChI is InChI=1S/C8H8O2/c9-8(10)6-7-4-2-1-3-5-7/h1-5H,6H2,(H,9,10)/i4D,5D. The smallest absolute Gasteiger partial charge is 0.307 e. The van der Waals surface area contributed by atoms with E-state index in [0.717, 1.165) is 0 Å². The van der Waals surface area contributed by atoms with Gasteiger partial charge in [0.2, 0.25) is 0 Å². The molecule has 0 atom stereocenters. The second-order valence-electron chi connectivity index (χ2n) is 1.86. The van der Waals surface area contributed by atoms with Gasteiger partial charge in [0.05, 0.1) is 9.16 Å². The number of carboxylic acids is 1. The molecular formula is C8H8O2. The topological polar surface area (TPSA) is 37.3 Å². The molecule has 0 aliphatic heterocycles. The molecule has 1 rings (SSSR count). The van der Waals surface area contributed by atoms with E-state index in [1.807, 2.05) is 0 Å². The van der Waals surface area contributed by atoms with Crippen molar-refractivity contribution >= 4 is 5.97 Å². The van der Waals surface area contributed by atoms with Crippen LogP contribution in [-0.2, 0) is 11.2 Å². The van der Waals surface area contributed by atoms with E-state index in [1.54, 1.807) is 6.07 Å². The molecule has 0 fully saturated rings. The fourth-order valence-corrected chi connectivity index (χ4v) is 0.640. The van der Waals surface area contributed by atoms with E-state index in [4.69, 9.17) is 7.85 Å².